The molecule has 0 fully saturated rings. The van der Waals surface area contributed by atoms with E-state index < -0.39 is 5.97 Å². The van der Waals surface area contributed by atoms with E-state index in [1.165, 1.54) is 0 Å². The molecule has 0 amide bonds. The molecular formula is C21H18O3. The van der Waals surface area contributed by atoms with Crippen LogP contribution in [0.25, 0.3) is 10.8 Å². The van der Waals surface area contributed by atoms with E-state index in [4.69, 9.17) is 4.74 Å². The first-order valence-corrected chi connectivity index (χ1v) is 7.81. The van der Waals surface area contributed by atoms with Crippen LogP contribution >= 0.6 is 0 Å². The Balaban J connectivity index is 1.75. The lowest BCUT2D eigenvalue weighted by atomic mass is 10.0. The lowest BCUT2D eigenvalue weighted by Gasteiger charge is -2.08. The summed E-state index contributed by atoms with van der Waals surface area (Å²) >= 11 is 0. The third kappa shape index (κ3) is 3.20. The molecule has 0 unspecified atom stereocenters. The molecule has 0 aliphatic carbocycles. The molecule has 0 aromatic heterocycles. The highest BCUT2D eigenvalue weighted by molar-refractivity contribution is 6.09. The molecule has 0 radical (unpaired) electrons. The number of hydrogen-bond acceptors (Lipinski definition) is 3. The predicted octanol–water partition coefficient (Wildman–Crippen LogP) is 4.50. The number of ether oxygens (including phenoxy) is 1. The van der Waals surface area contributed by atoms with Gasteiger partial charge in [-0.15, -0.1) is 0 Å². The molecule has 24 heavy (non-hydrogen) atoms. The van der Waals surface area contributed by atoms with E-state index >= 15 is 0 Å². The van der Waals surface area contributed by atoms with E-state index in [1.807, 2.05) is 56.3 Å². The van der Waals surface area contributed by atoms with Gasteiger partial charge < -0.3 is 4.74 Å². The van der Waals surface area contributed by atoms with Crippen LogP contribution in [-0.4, -0.2) is 18.4 Å². The number of rotatable bonds is 4. The Morgan fingerprint density at radius 3 is 2.42 bits per heavy atom. The van der Waals surface area contributed by atoms with Gasteiger partial charge in [0.05, 0.1) is 5.56 Å². The average Bonchev–Trinajstić information content (AvgIpc) is 2.61. The van der Waals surface area contributed by atoms with Crippen molar-refractivity contribution >= 4 is 22.5 Å². The zero-order valence-corrected chi connectivity index (χ0v) is 13.7. The second-order valence-corrected chi connectivity index (χ2v) is 5.83. The van der Waals surface area contributed by atoms with Crippen molar-refractivity contribution in [1.29, 1.82) is 0 Å². The summed E-state index contributed by atoms with van der Waals surface area (Å²) in [5.74, 6) is -0.685. The van der Waals surface area contributed by atoms with Gasteiger partial charge in [0.15, 0.2) is 6.61 Å². The highest BCUT2D eigenvalue weighted by atomic mass is 16.5. The molecule has 0 aliphatic rings. The van der Waals surface area contributed by atoms with Crippen LogP contribution in [-0.2, 0) is 4.74 Å². The Hall–Kier alpha value is -2.94. The summed E-state index contributed by atoms with van der Waals surface area (Å²) in [5.41, 5.74) is 3.16. The number of aryl methyl sites for hydroxylation is 2. The molecule has 0 bridgehead atoms. The van der Waals surface area contributed by atoms with Crippen molar-refractivity contribution in [3.8, 4) is 0 Å². The van der Waals surface area contributed by atoms with Gasteiger partial charge in [-0.1, -0.05) is 48.5 Å². The maximum atomic E-state index is 12.4. The normalized spacial score (nSPS) is 10.6. The summed E-state index contributed by atoms with van der Waals surface area (Å²) in [7, 11) is 0. The number of carbonyl (C=O) groups excluding carboxylic acids is 2. The summed E-state index contributed by atoms with van der Waals surface area (Å²) in [6.07, 6.45) is 0. The summed E-state index contributed by atoms with van der Waals surface area (Å²) in [4.78, 5) is 24.6. The number of carbonyl (C=O) groups is 2. The van der Waals surface area contributed by atoms with Gasteiger partial charge in [-0.2, -0.15) is 0 Å². The van der Waals surface area contributed by atoms with Crippen LogP contribution in [0.5, 0.6) is 0 Å². The molecule has 3 nitrogen and oxygen atoms in total. The van der Waals surface area contributed by atoms with Gasteiger partial charge in [0.25, 0.3) is 0 Å². The van der Waals surface area contributed by atoms with Crippen LogP contribution in [0.4, 0.5) is 0 Å². The fraction of sp³-hybridized carbons (Fsp3) is 0.143. The van der Waals surface area contributed by atoms with Crippen molar-refractivity contribution < 1.29 is 14.3 Å². The van der Waals surface area contributed by atoms with Gasteiger partial charge in [0.2, 0.25) is 5.78 Å². The SMILES string of the molecule is Cc1ccc(C(=O)OCC(=O)c2cccc3ccccc23)cc1C. The third-order valence-electron chi connectivity index (χ3n) is 4.17. The molecule has 3 rings (SSSR count). The highest BCUT2D eigenvalue weighted by Crippen LogP contribution is 2.19. The molecule has 0 spiro atoms. The van der Waals surface area contributed by atoms with Crippen molar-refractivity contribution in [2.75, 3.05) is 6.61 Å². The molecule has 3 aromatic rings. The van der Waals surface area contributed by atoms with Gasteiger partial charge in [0, 0.05) is 5.56 Å². The van der Waals surface area contributed by atoms with E-state index in [9.17, 15) is 9.59 Å². The Labute approximate surface area is 140 Å². The van der Waals surface area contributed by atoms with Gasteiger partial charge in [-0.3, -0.25) is 4.79 Å². The summed E-state index contributed by atoms with van der Waals surface area (Å²) in [6.45, 7) is 3.65. The Kier molecular flexibility index (Phi) is 4.43. The first-order valence-electron chi connectivity index (χ1n) is 7.81. The molecule has 0 aliphatic heterocycles. The smallest absolute Gasteiger partial charge is 0.338 e. The third-order valence-corrected chi connectivity index (χ3v) is 4.17. The molecule has 3 aromatic carbocycles. The molecule has 0 saturated heterocycles. The molecule has 0 N–H and O–H groups in total. The molecule has 3 heteroatoms. The molecule has 0 atom stereocenters. The van der Waals surface area contributed by atoms with Crippen LogP contribution in [0.15, 0.2) is 60.7 Å². The van der Waals surface area contributed by atoms with Gasteiger partial charge in [-0.25, -0.2) is 4.79 Å². The van der Waals surface area contributed by atoms with E-state index in [0.29, 0.717) is 11.1 Å². The number of hydrogen-bond donors (Lipinski definition) is 0. The van der Waals surface area contributed by atoms with E-state index in [-0.39, 0.29) is 12.4 Å². The first-order chi connectivity index (χ1) is 11.6. The second kappa shape index (κ2) is 6.67. The largest absolute Gasteiger partial charge is 0.454 e. The van der Waals surface area contributed by atoms with Crippen LogP contribution in [0.3, 0.4) is 0 Å². The maximum Gasteiger partial charge on any atom is 0.338 e. The summed E-state index contributed by atoms with van der Waals surface area (Å²) in [6, 6.07) is 18.6. The minimum Gasteiger partial charge on any atom is -0.454 e. The van der Waals surface area contributed by atoms with Crippen LogP contribution in [0.2, 0.25) is 0 Å². The van der Waals surface area contributed by atoms with Gasteiger partial charge in [0.1, 0.15) is 0 Å². The number of Topliss-reactive ketones (excluding diaryl/α,β-unsaturated/α-hetero) is 1. The molecule has 120 valence electrons. The maximum absolute atomic E-state index is 12.4. The fourth-order valence-corrected chi connectivity index (χ4v) is 2.63. The molecule has 0 saturated carbocycles. The van der Waals surface area contributed by atoms with Crippen LogP contribution in [0, 0.1) is 13.8 Å². The number of ketones is 1. The standard InChI is InChI=1S/C21H18O3/c1-14-10-11-17(12-15(14)2)21(23)24-13-20(22)19-9-5-7-16-6-3-4-8-18(16)19/h3-12H,13H2,1-2H3. The first kappa shape index (κ1) is 15.9. The highest BCUT2D eigenvalue weighted by Gasteiger charge is 2.14. The fourth-order valence-electron chi connectivity index (χ4n) is 2.63. The lowest BCUT2D eigenvalue weighted by molar-refractivity contribution is 0.0475. The Morgan fingerprint density at radius 1 is 0.875 bits per heavy atom. The second-order valence-electron chi connectivity index (χ2n) is 5.83. The number of fused-ring (bicyclic) bond motifs is 1. The molecule has 0 heterocycles. The lowest BCUT2D eigenvalue weighted by Crippen LogP contribution is -2.14. The van der Waals surface area contributed by atoms with Crippen molar-refractivity contribution in [1.82, 2.24) is 0 Å². The Bertz CT molecular complexity index is 920. The number of benzene rings is 3. The van der Waals surface area contributed by atoms with Crippen molar-refractivity contribution in [2.24, 2.45) is 0 Å². The number of esters is 1. The van der Waals surface area contributed by atoms with E-state index in [1.54, 1.807) is 18.2 Å². The average molecular weight is 318 g/mol. The van der Waals surface area contributed by atoms with Crippen LogP contribution < -0.4 is 0 Å². The van der Waals surface area contributed by atoms with E-state index in [0.717, 1.165) is 21.9 Å². The van der Waals surface area contributed by atoms with Crippen molar-refractivity contribution in [3.63, 3.8) is 0 Å². The monoisotopic (exact) mass is 318 g/mol. The predicted molar refractivity (Wildman–Crippen MR) is 94.5 cm³/mol. The minimum atomic E-state index is -0.480. The van der Waals surface area contributed by atoms with E-state index in [2.05, 4.69) is 0 Å². The quantitative estimate of drug-likeness (QED) is 0.525. The zero-order valence-electron chi connectivity index (χ0n) is 13.7. The Morgan fingerprint density at radius 2 is 1.62 bits per heavy atom. The molecular weight excluding hydrogens is 300 g/mol. The van der Waals surface area contributed by atoms with Gasteiger partial charge in [-0.05, 0) is 47.9 Å². The van der Waals surface area contributed by atoms with Crippen molar-refractivity contribution in [3.05, 3.63) is 82.9 Å². The summed E-state index contributed by atoms with van der Waals surface area (Å²) < 4.78 is 5.20. The van der Waals surface area contributed by atoms with Gasteiger partial charge >= 0.3 is 5.97 Å². The zero-order chi connectivity index (χ0) is 17.1. The topological polar surface area (TPSA) is 43.4 Å². The minimum absolute atomic E-state index is 0.205. The summed E-state index contributed by atoms with van der Waals surface area (Å²) in [5, 5.41) is 1.86. The van der Waals surface area contributed by atoms with Crippen molar-refractivity contribution in [2.45, 2.75) is 13.8 Å². The van der Waals surface area contributed by atoms with Crippen LogP contribution in [0.1, 0.15) is 31.8 Å².